The van der Waals surface area contributed by atoms with Gasteiger partial charge in [-0.15, -0.1) is 24.0 Å². The second-order valence-electron chi connectivity index (χ2n) is 5.57. The summed E-state index contributed by atoms with van der Waals surface area (Å²) in [4.78, 5) is 4.19. The van der Waals surface area contributed by atoms with E-state index >= 15 is 0 Å². The number of guanidine groups is 1. The van der Waals surface area contributed by atoms with Gasteiger partial charge in [-0.25, -0.2) is 4.39 Å². The van der Waals surface area contributed by atoms with Gasteiger partial charge in [-0.05, 0) is 37.0 Å². The van der Waals surface area contributed by atoms with Crippen LogP contribution in [0.25, 0.3) is 0 Å². The van der Waals surface area contributed by atoms with Gasteiger partial charge in [0.05, 0.1) is 18.2 Å². The third-order valence-corrected chi connectivity index (χ3v) is 4.12. The molecular weight excluding hydrogens is 400 g/mol. The zero-order chi connectivity index (χ0) is 14.8. The highest BCUT2D eigenvalue weighted by Crippen LogP contribution is 2.34. The second kappa shape index (κ2) is 7.45. The van der Waals surface area contributed by atoms with Gasteiger partial charge in [-0.1, -0.05) is 6.07 Å². The lowest BCUT2D eigenvalue weighted by atomic mass is 9.96. The van der Waals surface area contributed by atoms with Crippen LogP contribution >= 0.6 is 24.0 Å². The Labute approximate surface area is 146 Å². The van der Waals surface area contributed by atoms with Crippen molar-refractivity contribution in [3.63, 3.8) is 0 Å². The molecule has 5 nitrogen and oxygen atoms in total. The average Bonchev–Trinajstić information content (AvgIpc) is 3.09. The number of phenolic OH excluding ortho intramolecular Hbond substituents is 1. The van der Waals surface area contributed by atoms with Crippen LogP contribution in [0.15, 0.2) is 23.2 Å². The SMILES string of the molecule is CN=C(NCc1ccc(O)c(F)c1)NC1CC2CCC1O2.I. The zero-order valence-electron chi connectivity index (χ0n) is 12.4. The molecular formula is C15H21FIN3O2. The maximum Gasteiger partial charge on any atom is 0.191 e. The van der Waals surface area contributed by atoms with Crippen LogP contribution in [0.2, 0.25) is 0 Å². The highest BCUT2D eigenvalue weighted by Gasteiger charge is 2.41. The van der Waals surface area contributed by atoms with Crippen LogP contribution in [0, 0.1) is 5.82 Å². The summed E-state index contributed by atoms with van der Waals surface area (Å²) >= 11 is 0. The number of benzene rings is 1. The molecule has 2 aliphatic heterocycles. The van der Waals surface area contributed by atoms with E-state index in [-0.39, 0.29) is 35.8 Å². The Bertz CT molecular complexity index is 556. The summed E-state index contributed by atoms with van der Waals surface area (Å²) in [5.41, 5.74) is 0.748. The van der Waals surface area contributed by atoms with Crippen LogP contribution in [0.5, 0.6) is 5.75 Å². The van der Waals surface area contributed by atoms with Crippen LogP contribution in [0.4, 0.5) is 4.39 Å². The smallest absolute Gasteiger partial charge is 0.191 e. The number of phenols is 1. The summed E-state index contributed by atoms with van der Waals surface area (Å²) < 4.78 is 19.1. The first-order chi connectivity index (χ1) is 10.2. The molecule has 122 valence electrons. The molecule has 1 aromatic rings. The van der Waals surface area contributed by atoms with E-state index in [1.807, 2.05) is 0 Å². The number of hydrogen-bond acceptors (Lipinski definition) is 3. The summed E-state index contributed by atoms with van der Waals surface area (Å²) in [7, 11) is 1.71. The van der Waals surface area contributed by atoms with Gasteiger partial charge in [-0.2, -0.15) is 0 Å². The molecule has 0 amide bonds. The number of aliphatic imine (C=N–C) groups is 1. The highest BCUT2D eigenvalue weighted by molar-refractivity contribution is 14.0. The molecule has 22 heavy (non-hydrogen) atoms. The largest absolute Gasteiger partial charge is 0.505 e. The van der Waals surface area contributed by atoms with Crippen LogP contribution in [0.1, 0.15) is 24.8 Å². The monoisotopic (exact) mass is 421 g/mol. The Kier molecular flexibility index (Phi) is 5.85. The molecule has 2 bridgehead atoms. The summed E-state index contributed by atoms with van der Waals surface area (Å²) in [5, 5.41) is 15.7. The number of aromatic hydroxyl groups is 1. The van der Waals surface area contributed by atoms with Crippen molar-refractivity contribution in [2.75, 3.05) is 7.05 Å². The van der Waals surface area contributed by atoms with Gasteiger partial charge in [0.1, 0.15) is 0 Å². The molecule has 3 N–H and O–H groups in total. The Hall–Kier alpha value is -1.09. The third kappa shape index (κ3) is 3.81. The number of fused-ring (bicyclic) bond motifs is 2. The summed E-state index contributed by atoms with van der Waals surface area (Å²) in [6, 6.07) is 4.65. The first-order valence-electron chi connectivity index (χ1n) is 7.25. The molecule has 3 rings (SSSR count). The fourth-order valence-electron chi connectivity index (χ4n) is 3.01. The first kappa shape index (κ1) is 17.3. The Morgan fingerprint density at radius 1 is 1.45 bits per heavy atom. The number of hydrogen-bond donors (Lipinski definition) is 3. The molecule has 0 spiro atoms. The maximum absolute atomic E-state index is 13.3. The van der Waals surface area contributed by atoms with E-state index in [0.717, 1.165) is 24.8 Å². The number of nitrogens with one attached hydrogen (secondary N) is 2. The van der Waals surface area contributed by atoms with Gasteiger partial charge in [0, 0.05) is 13.6 Å². The van der Waals surface area contributed by atoms with Crippen molar-refractivity contribution in [2.24, 2.45) is 4.99 Å². The van der Waals surface area contributed by atoms with Crippen molar-refractivity contribution >= 4 is 29.9 Å². The van der Waals surface area contributed by atoms with Crippen molar-refractivity contribution in [3.8, 4) is 5.75 Å². The van der Waals surface area contributed by atoms with E-state index in [0.29, 0.717) is 24.7 Å². The average molecular weight is 421 g/mol. The Morgan fingerprint density at radius 3 is 2.86 bits per heavy atom. The molecule has 0 radical (unpaired) electrons. The highest BCUT2D eigenvalue weighted by atomic mass is 127. The summed E-state index contributed by atoms with van der Waals surface area (Å²) in [5.74, 6) is -0.260. The summed E-state index contributed by atoms with van der Waals surface area (Å²) in [6.07, 6.45) is 3.93. The fourth-order valence-corrected chi connectivity index (χ4v) is 3.01. The van der Waals surface area contributed by atoms with E-state index in [4.69, 9.17) is 4.74 Å². The molecule has 2 saturated heterocycles. The number of halogens is 2. The lowest BCUT2D eigenvalue weighted by Crippen LogP contribution is -2.47. The maximum atomic E-state index is 13.3. The van der Waals surface area contributed by atoms with Crippen molar-refractivity contribution in [3.05, 3.63) is 29.6 Å². The predicted molar refractivity (Wildman–Crippen MR) is 93.1 cm³/mol. The Morgan fingerprint density at radius 2 is 2.27 bits per heavy atom. The molecule has 0 aliphatic carbocycles. The van der Waals surface area contributed by atoms with E-state index in [2.05, 4.69) is 15.6 Å². The molecule has 3 atom stereocenters. The van der Waals surface area contributed by atoms with E-state index in [1.165, 1.54) is 12.1 Å². The van der Waals surface area contributed by atoms with Crippen molar-refractivity contribution in [1.29, 1.82) is 0 Å². The fraction of sp³-hybridized carbons (Fsp3) is 0.533. The zero-order valence-corrected chi connectivity index (χ0v) is 14.7. The number of ether oxygens (including phenoxy) is 1. The molecule has 2 aliphatic rings. The Balaban J connectivity index is 0.00000176. The molecule has 7 heteroatoms. The molecule has 1 aromatic carbocycles. The van der Waals surface area contributed by atoms with Gasteiger partial charge in [0.15, 0.2) is 17.5 Å². The minimum absolute atomic E-state index is 0. The molecule has 0 saturated carbocycles. The van der Waals surface area contributed by atoms with Crippen LogP contribution in [-0.2, 0) is 11.3 Å². The molecule has 3 unspecified atom stereocenters. The van der Waals surface area contributed by atoms with Crippen molar-refractivity contribution < 1.29 is 14.2 Å². The van der Waals surface area contributed by atoms with Gasteiger partial charge in [-0.3, -0.25) is 4.99 Å². The van der Waals surface area contributed by atoms with E-state index in [9.17, 15) is 9.50 Å². The lowest BCUT2D eigenvalue weighted by Gasteiger charge is -2.22. The first-order valence-corrected chi connectivity index (χ1v) is 7.25. The van der Waals surface area contributed by atoms with Gasteiger partial charge in [0.25, 0.3) is 0 Å². The third-order valence-electron chi connectivity index (χ3n) is 4.12. The van der Waals surface area contributed by atoms with Crippen LogP contribution < -0.4 is 10.6 Å². The predicted octanol–water partition coefficient (Wildman–Crippen LogP) is 2.13. The molecule has 0 aromatic heterocycles. The minimum Gasteiger partial charge on any atom is -0.505 e. The van der Waals surface area contributed by atoms with Crippen molar-refractivity contribution in [2.45, 2.75) is 44.1 Å². The molecule has 2 fully saturated rings. The molecule has 2 heterocycles. The summed E-state index contributed by atoms with van der Waals surface area (Å²) in [6.45, 7) is 0.443. The number of nitrogens with zero attached hydrogens (tertiary/aromatic N) is 1. The van der Waals surface area contributed by atoms with E-state index < -0.39 is 5.82 Å². The normalized spacial score (nSPS) is 26.6. The quantitative estimate of drug-likeness (QED) is 0.398. The van der Waals surface area contributed by atoms with Crippen LogP contribution in [0.3, 0.4) is 0 Å². The second-order valence-corrected chi connectivity index (χ2v) is 5.57. The number of rotatable bonds is 3. The lowest BCUT2D eigenvalue weighted by molar-refractivity contribution is 0.0992. The standard InChI is InChI=1S/C15H20FN3O2.HI/c1-17-15(19-12-7-10-3-5-14(12)21-10)18-8-9-2-4-13(20)11(16)6-9;/h2,4,6,10,12,14,20H,3,5,7-8H2,1H3,(H2,17,18,19);1H. The van der Waals surface area contributed by atoms with Gasteiger partial charge >= 0.3 is 0 Å². The van der Waals surface area contributed by atoms with E-state index in [1.54, 1.807) is 13.1 Å². The minimum atomic E-state index is -0.612. The van der Waals surface area contributed by atoms with Crippen molar-refractivity contribution in [1.82, 2.24) is 10.6 Å². The van der Waals surface area contributed by atoms with Gasteiger partial charge in [0.2, 0.25) is 0 Å². The van der Waals surface area contributed by atoms with Gasteiger partial charge < -0.3 is 20.5 Å². The topological polar surface area (TPSA) is 65.9 Å². The van der Waals surface area contributed by atoms with Crippen LogP contribution in [-0.4, -0.2) is 36.4 Å².